The van der Waals surface area contributed by atoms with Gasteiger partial charge in [0, 0.05) is 6.54 Å². The van der Waals surface area contributed by atoms with Crippen LogP contribution >= 0.6 is 0 Å². The van der Waals surface area contributed by atoms with E-state index >= 15 is 0 Å². The molecule has 0 aromatic rings. The molecule has 1 unspecified atom stereocenters. The van der Waals surface area contributed by atoms with Crippen molar-refractivity contribution in [1.82, 2.24) is 4.72 Å². The minimum atomic E-state index is -3.41. The smallest absolute Gasteiger partial charge is 0.215 e. The van der Waals surface area contributed by atoms with Crippen LogP contribution in [0.4, 0.5) is 0 Å². The molecule has 0 spiro atoms. The van der Waals surface area contributed by atoms with Gasteiger partial charge in [-0.1, -0.05) is 6.08 Å². The number of sulfonamides is 1. The highest BCUT2D eigenvalue weighted by molar-refractivity contribution is 7.89. The van der Waals surface area contributed by atoms with Gasteiger partial charge in [-0.2, -0.15) is 0 Å². The predicted molar refractivity (Wildman–Crippen MR) is 49.7 cm³/mol. The third-order valence-corrected chi connectivity index (χ3v) is 2.61. The summed E-state index contributed by atoms with van der Waals surface area (Å²) in [6.07, 6.45) is 1.25. The van der Waals surface area contributed by atoms with Crippen molar-refractivity contribution >= 4 is 10.0 Å². The van der Waals surface area contributed by atoms with Gasteiger partial charge in [0.15, 0.2) is 0 Å². The molecule has 0 saturated carbocycles. The number of aliphatic hydroxyl groups excluding tert-OH is 1. The van der Waals surface area contributed by atoms with E-state index in [4.69, 9.17) is 5.11 Å². The summed E-state index contributed by atoms with van der Waals surface area (Å²) in [5.41, 5.74) is -1.42. The van der Waals surface area contributed by atoms with Gasteiger partial charge in [0.05, 0.1) is 18.0 Å². The normalized spacial score (nSPS) is 16.5. The molecule has 3 N–H and O–H groups in total. The largest absolute Gasteiger partial charge is 0.393 e. The van der Waals surface area contributed by atoms with Crippen LogP contribution in [0, 0.1) is 0 Å². The summed E-state index contributed by atoms with van der Waals surface area (Å²) in [5, 5.41) is 17.9. The summed E-state index contributed by atoms with van der Waals surface area (Å²) < 4.78 is 24.2. The molecule has 0 rings (SSSR count). The maximum absolute atomic E-state index is 11.0. The summed E-state index contributed by atoms with van der Waals surface area (Å²) in [7, 11) is -3.41. The Morgan fingerprint density at radius 3 is 2.54 bits per heavy atom. The summed E-state index contributed by atoms with van der Waals surface area (Å²) in [4.78, 5) is 0. The average Bonchev–Trinajstić information content (AvgIpc) is 2.02. The van der Waals surface area contributed by atoms with Crippen molar-refractivity contribution in [3.63, 3.8) is 0 Å². The van der Waals surface area contributed by atoms with E-state index < -0.39 is 22.2 Å². The van der Waals surface area contributed by atoms with Crippen LogP contribution in [-0.2, 0) is 10.0 Å². The minimum absolute atomic E-state index is 0.200. The van der Waals surface area contributed by atoms with Crippen LogP contribution in [-0.4, -0.2) is 43.1 Å². The Bertz CT molecular complexity index is 258. The van der Waals surface area contributed by atoms with Crippen LogP contribution in [0.15, 0.2) is 12.7 Å². The molecule has 0 aromatic heterocycles. The topological polar surface area (TPSA) is 86.6 Å². The number of rotatable bonds is 6. The highest BCUT2D eigenvalue weighted by Gasteiger charge is 2.21. The van der Waals surface area contributed by atoms with Gasteiger partial charge in [0.25, 0.3) is 0 Å². The monoisotopic (exact) mass is 209 g/mol. The highest BCUT2D eigenvalue weighted by Crippen LogP contribution is 1.99. The van der Waals surface area contributed by atoms with E-state index in [0.717, 1.165) is 0 Å². The Hall–Kier alpha value is -0.430. The summed E-state index contributed by atoms with van der Waals surface area (Å²) in [6, 6.07) is 0. The second-order valence-electron chi connectivity index (χ2n) is 3.05. The lowest BCUT2D eigenvalue weighted by molar-refractivity contribution is 0.00682. The Morgan fingerprint density at radius 1 is 1.62 bits per heavy atom. The first-order chi connectivity index (χ1) is 5.83. The molecule has 1 atom stereocenters. The van der Waals surface area contributed by atoms with Crippen molar-refractivity contribution in [1.29, 1.82) is 0 Å². The van der Waals surface area contributed by atoms with Crippen LogP contribution < -0.4 is 4.72 Å². The lowest BCUT2D eigenvalue weighted by Crippen LogP contribution is -2.43. The Morgan fingerprint density at radius 2 is 2.15 bits per heavy atom. The molecule has 0 aliphatic carbocycles. The fourth-order valence-electron chi connectivity index (χ4n) is 0.535. The van der Waals surface area contributed by atoms with E-state index in [0.29, 0.717) is 0 Å². The van der Waals surface area contributed by atoms with Gasteiger partial charge in [0.1, 0.15) is 0 Å². The third kappa shape index (κ3) is 5.75. The highest BCUT2D eigenvalue weighted by atomic mass is 32.2. The first kappa shape index (κ1) is 12.6. The van der Waals surface area contributed by atoms with Crippen LogP contribution in [0.1, 0.15) is 6.92 Å². The van der Waals surface area contributed by atoms with E-state index in [-0.39, 0.29) is 12.3 Å². The molecule has 6 heteroatoms. The van der Waals surface area contributed by atoms with E-state index in [1.807, 2.05) is 0 Å². The zero-order valence-electron chi connectivity index (χ0n) is 7.52. The molecular weight excluding hydrogens is 194 g/mol. The van der Waals surface area contributed by atoms with Gasteiger partial charge in [-0.3, -0.25) is 0 Å². The van der Waals surface area contributed by atoms with Gasteiger partial charge in [0.2, 0.25) is 10.0 Å². The van der Waals surface area contributed by atoms with Gasteiger partial charge >= 0.3 is 0 Å². The zero-order chi connectivity index (χ0) is 10.5. The zero-order valence-corrected chi connectivity index (χ0v) is 8.34. The van der Waals surface area contributed by atoms with Crippen molar-refractivity contribution in [3.8, 4) is 0 Å². The quantitative estimate of drug-likeness (QED) is 0.481. The minimum Gasteiger partial charge on any atom is -0.393 e. The molecular formula is C7H15NO4S. The SMILES string of the molecule is C=CCS(=O)(=O)NCC(C)(O)CO. The molecule has 13 heavy (non-hydrogen) atoms. The molecule has 0 amide bonds. The average molecular weight is 209 g/mol. The lowest BCUT2D eigenvalue weighted by atomic mass is 10.1. The standard InChI is InChI=1S/C7H15NO4S/c1-3-4-13(11,12)8-5-7(2,10)6-9/h3,8-10H,1,4-6H2,2H3. The summed E-state index contributed by atoms with van der Waals surface area (Å²) in [5.74, 6) is -0.200. The molecule has 0 bridgehead atoms. The fraction of sp³-hybridized carbons (Fsp3) is 0.714. The Kier molecular flexibility index (Phi) is 4.55. The van der Waals surface area contributed by atoms with Gasteiger partial charge in [-0.15, -0.1) is 6.58 Å². The van der Waals surface area contributed by atoms with E-state index in [1.165, 1.54) is 13.0 Å². The number of hydrogen-bond acceptors (Lipinski definition) is 4. The predicted octanol–water partition coefficient (Wildman–Crippen LogP) is -1.16. The maximum Gasteiger partial charge on any atom is 0.215 e. The second kappa shape index (κ2) is 4.71. The summed E-state index contributed by atoms with van der Waals surface area (Å²) >= 11 is 0. The Balaban J connectivity index is 4.09. The van der Waals surface area contributed by atoms with Crippen LogP contribution in [0.25, 0.3) is 0 Å². The molecule has 0 heterocycles. The molecule has 0 radical (unpaired) electrons. The van der Waals surface area contributed by atoms with Crippen molar-refractivity contribution in [2.45, 2.75) is 12.5 Å². The van der Waals surface area contributed by atoms with Crippen molar-refractivity contribution in [3.05, 3.63) is 12.7 Å². The van der Waals surface area contributed by atoms with Crippen molar-refractivity contribution in [2.24, 2.45) is 0 Å². The summed E-state index contributed by atoms with van der Waals surface area (Å²) in [6.45, 7) is 3.91. The number of hydrogen-bond donors (Lipinski definition) is 3. The number of nitrogens with one attached hydrogen (secondary N) is 1. The molecule has 0 fully saturated rings. The van der Waals surface area contributed by atoms with Crippen LogP contribution in [0.5, 0.6) is 0 Å². The van der Waals surface area contributed by atoms with Gasteiger partial charge < -0.3 is 10.2 Å². The molecule has 0 aliphatic heterocycles. The third-order valence-electron chi connectivity index (χ3n) is 1.35. The maximum atomic E-state index is 11.0. The van der Waals surface area contributed by atoms with Crippen LogP contribution in [0.2, 0.25) is 0 Å². The molecule has 0 aromatic carbocycles. The van der Waals surface area contributed by atoms with Crippen molar-refractivity contribution < 1.29 is 18.6 Å². The molecule has 78 valence electrons. The number of aliphatic hydroxyl groups is 2. The second-order valence-corrected chi connectivity index (χ2v) is 4.90. The van der Waals surface area contributed by atoms with Crippen molar-refractivity contribution in [2.75, 3.05) is 18.9 Å². The molecule has 0 aliphatic rings. The lowest BCUT2D eigenvalue weighted by Gasteiger charge is -2.20. The molecule has 5 nitrogen and oxygen atoms in total. The van der Waals surface area contributed by atoms with Crippen LogP contribution in [0.3, 0.4) is 0 Å². The van der Waals surface area contributed by atoms with Gasteiger partial charge in [-0.25, -0.2) is 13.1 Å². The van der Waals surface area contributed by atoms with E-state index in [1.54, 1.807) is 0 Å². The van der Waals surface area contributed by atoms with E-state index in [9.17, 15) is 13.5 Å². The Labute approximate surface area is 78.1 Å². The first-order valence-electron chi connectivity index (χ1n) is 3.74. The van der Waals surface area contributed by atoms with Gasteiger partial charge in [-0.05, 0) is 6.92 Å². The first-order valence-corrected chi connectivity index (χ1v) is 5.40. The van der Waals surface area contributed by atoms with E-state index in [2.05, 4.69) is 11.3 Å². The fourth-order valence-corrected chi connectivity index (χ4v) is 1.49. The molecule has 0 saturated heterocycles.